The Hall–Kier alpha value is -3.41. The SMILES string of the molecule is Cc1cc(COc2ccc(C3CCN(CC(C)(C)C(N)=O)C3=O)cc2)c2ccccc2n1. The van der Waals surface area contributed by atoms with E-state index in [1.165, 1.54) is 0 Å². The summed E-state index contributed by atoms with van der Waals surface area (Å²) in [6, 6.07) is 17.8. The Bertz CT molecular complexity index is 1150. The Balaban J connectivity index is 1.42. The number of likely N-dealkylation sites (tertiary alicyclic amines) is 1. The third kappa shape index (κ3) is 4.44. The van der Waals surface area contributed by atoms with Crippen LogP contribution in [-0.2, 0) is 16.2 Å². The van der Waals surface area contributed by atoms with Crippen molar-refractivity contribution in [1.29, 1.82) is 0 Å². The molecule has 1 unspecified atom stereocenters. The Labute approximate surface area is 188 Å². The van der Waals surface area contributed by atoms with Crippen LogP contribution in [0.15, 0.2) is 54.6 Å². The quantitative estimate of drug-likeness (QED) is 0.614. The van der Waals surface area contributed by atoms with Crippen LogP contribution in [0.2, 0.25) is 0 Å². The first-order valence-corrected chi connectivity index (χ1v) is 10.9. The van der Waals surface area contributed by atoms with Crippen LogP contribution in [0.3, 0.4) is 0 Å². The minimum atomic E-state index is -0.738. The van der Waals surface area contributed by atoms with Crippen LogP contribution < -0.4 is 10.5 Å². The van der Waals surface area contributed by atoms with Gasteiger partial charge in [0.15, 0.2) is 0 Å². The number of pyridine rings is 1. The first-order valence-electron chi connectivity index (χ1n) is 10.9. The van der Waals surface area contributed by atoms with Gasteiger partial charge in [-0.25, -0.2) is 0 Å². The molecule has 1 fully saturated rings. The van der Waals surface area contributed by atoms with E-state index in [2.05, 4.69) is 17.1 Å². The molecular weight excluding hydrogens is 402 g/mol. The molecule has 0 saturated carbocycles. The molecule has 6 nitrogen and oxygen atoms in total. The molecule has 0 spiro atoms. The predicted octanol–water partition coefficient (Wildman–Crippen LogP) is 3.95. The standard InChI is InChI=1S/C26H29N3O3/c1-17-14-19(21-6-4-5-7-23(21)28-17)15-32-20-10-8-18(9-11-20)22-12-13-29(24(22)30)16-26(2,3)25(27)31/h4-11,14,22H,12-13,15-16H2,1-3H3,(H2,27,31). The lowest BCUT2D eigenvalue weighted by Crippen LogP contribution is -2.43. The number of aryl methyl sites for hydroxylation is 1. The number of rotatable bonds is 7. The Morgan fingerprint density at radius 2 is 1.91 bits per heavy atom. The fourth-order valence-corrected chi connectivity index (χ4v) is 4.23. The number of primary amides is 1. The van der Waals surface area contributed by atoms with Gasteiger partial charge in [0.2, 0.25) is 11.8 Å². The van der Waals surface area contributed by atoms with Gasteiger partial charge in [-0.3, -0.25) is 14.6 Å². The van der Waals surface area contributed by atoms with Gasteiger partial charge in [0.25, 0.3) is 0 Å². The molecular formula is C26H29N3O3. The third-order valence-electron chi connectivity index (χ3n) is 6.16. The zero-order chi connectivity index (χ0) is 22.9. The number of fused-ring (bicyclic) bond motifs is 1. The molecule has 1 saturated heterocycles. The summed E-state index contributed by atoms with van der Waals surface area (Å²) in [6.45, 7) is 6.95. The van der Waals surface area contributed by atoms with Gasteiger partial charge in [-0.2, -0.15) is 0 Å². The second kappa shape index (κ2) is 8.61. The molecule has 1 aliphatic heterocycles. The number of carbonyl (C=O) groups is 2. The summed E-state index contributed by atoms with van der Waals surface area (Å²) in [7, 11) is 0. The second-order valence-corrected chi connectivity index (χ2v) is 9.15. The highest BCUT2D eigenvalue weighted by molar-refractivity contribution is 5.87. The monoisotopic (exact) mass is 431 g/mol. The molecule has 0 radical (unpaired) electrons. The summed E-state index contributed by atoms with van der Waals surface area (Å²) in [6.07, 6.45) is 0.732. The molecule has 4 rings (SSSR count). The van der Waals surface area contributed by atoms with Crippen LogP contribution in [0, 0.1) is 12.3 Å². The van der Waals surface area contributed by atoms with Crippen molar-refractivity contribution in [2.24, 2.45) is 11.1 Å². The zero-order valence-electron chi connectivity index (χ0n) is 18.8. The molecule has 1 atom stereocenters. The first-order chi connectivity index (χ1) is 15.2. The average molecular weight is 432 g/mol. The van der Waals surface area contributed by atoms with Crippen molar-refractivity contribution in [3.8, 4) is 5.75 Å². The molecule has 0 aliphatic carbocycles. The first kappa shape index (κ1) is 21.8. The van der Waals surface area contributed by atoms with Crippen molar-refractivity contribution in [2.75, 3.05) is 13.1 Å². The lowest BCUT2D eigenvalue weighted by molar-refractivity contribution is -0.133. The highest BCUT2D eigenvalue weighted by atomic mass is 16.5. The maximum absolute atomic E-state index is 12.9. The van der Waals surface area contributed by atoms with Crippen molar-refractivity contribution >= 4 is 22.7 Å². The maximum Gasteiger partial charge on any atom is 0.230 e. The molecule has 3 aromatic rings. The number of benzene rings is 2. The van der Waals surface area contributed by atoms with Gasteiger partial charge in [0, 0.05) is 29.7 Å². The van der Waals surface area contributed by atoms with Gasteiger partial charge in [0.05, 0.1) is 16.8 Å². The molecule has 6 heteroatoms. The van der Waals surface area contributed by atoms with Gasteiger partial charge in [-0.05, 0) is 57.0 Å². The number of aromatic nitrogens is 1. The molecule has 32 heavy (non-hydrogen) atoms. The normalized spacial score (nSPS) is 16.5. The third-order valence-corrected chi connectivity index (χ3v) is 6.16. The Kier molecular flexibility index (Phi) is 5.87. The van der Waals surface area contributed by atoms with Crippen LogP contribution in [0.5, 0.6) is 5.75 Å². The second-order valence-electron chi connectivity index (χ2n) is 9.15. The van der Waals surface area contributed by atoms with E-state index in [1.807, 2.05) is 49.4 Å². The summed E-state index contributed by atoms with van der Waals surface area (Å²) in [5.41, 5.74) is 8.71. The average Bonchev–Trinajstić information content (AvgIpc) is 3.11. The van der Waals surface area contributed by atoms with Gasteiger partial charge in [-0.1, -0.05) is 30.3 Å². The number of carbonyl (C=O) groups excluding carboxylic acids is 2. The molecule has 1 aromatic heterocycles. The maximum atomic E-state index is 12.9. The van der Waals surface area contributed by atoms with E-state index >= 15 is 0 Å². The number of nitrogens with zero attached hydrogens (tertiary/aromatic N) is 2. The Morgan fingerprint density at radius 1 is 1.19 bits per heavy atom. The summed E-state index contributed by atoms with van der Waals surface area (Å²) >= 11 is 0. The fraction of sp³-hybridized carbons (Fsp3) is 0.346. The van der Waals surface area contributed by atoms with Crippen molar-refractivity contribution in [3.05, 3.63) is 71.4 Å². The van der Waals surface area contributed by atoms with Crippen LogP contribution in [0.25, 0.3) is 10.9 Å². The molecule has 2 amide bonds. The van der Waals surface area contributed by atoms with Crippen LogP contribution >= 0.6 is 0 Å². The number of ether oxygens (including phenoxy) is 1. The molecule has 0 bridgehead atoms. The predicted molar refractivity (Wildman–Crippen MR) is 124 cm³/mol. The lowest BCUT2D eigenvalue weighted by Gasteiger charge is -2.27. The number of hydrogen-bond donors (Lipinski definition) is 1. The number of amides is 2. The molecule has 2 aromatic carbocycles. The fourth-order valence-electron chi connectivity index (χ4n) is 4.23. The zero-order valence-corrected chi connectivity index (χ0v) is 18.8. The van der Waals surface area contributed by atoms with E-state index in [9.17, 15) is 9.59 Å². The minimum Gasteiger partial charge on any atom is -0.489 e. The van der Waals surface area contributed by atoms with Crippen LogP contribution in [0.4, 0.5) is 0 Å². The molecule has 2 N–H and O–H groups in total. The highest BCUT2D eigenvalue weighted by Gasteiger charge is 2.37. The van der Waals surface area contributed by atoms with E-state index < -0.39 is 11.3 Å². The lowest BCUT2D eigenvalue weighted by atomic mass is 9.92. The highest BCUT2D eigenvalue weighted by Crippen LogP contribution is 2.32. The van der Waals surface area contributed by atoms with Crippen molar-refractivity contribution in [1.82, 2.24) is 9.88 Å². The molecule has 1 aliphatic rings. The number of para-hydroxylation sites is 1. The van der Waals surface area contributed by atoms with Gasteiger partial charge in [-0.15, -0.1) is 0 Å². The van der Waals surface area contributed by atoms with Gasteiger partial charge in [0.1, 0.15) is 12.4 Å². The summed E-state index contributed by atoms with van der Waals surface area (Å²) in [4.78, 5) is 30.8. The largest absolute Gasteiger partial charge is 0.489 e. The smallest absolute Gasteiger partial charge is 0.230 e. The van der Waals surface area contributed by atoms with Crippen molar-refractivity contribution in [3.63, 3.8) is 0 Å². The summed E-state index contributed by atoms with van der Waals surface area (Å²) in [5.74, 6) is 0.211. The Morgan fingerprint density at radius 3 is 2.62 bits per heavy atom. The topological polar surface area (TPSA) is 85.5 Å². The van der Waals surface area contributed by atoms with E-state index in [0.29, 0.717) is 19.7 Å². The van der Waals surface area contributed by atoms with Crippen molar-refractivity contribution in [2.45, 2.75) is 39.7 Å². The minimum absolute atomic E-state index is 0.0479. The van der Waals surface area contributed by atoms with Crippen molar-refractivity contribution < 1.29 is 14.3 Å². The summed E-state index contributed by atoms with van der Waals surface area (Å²) < 4.78 is 6.04. The van der Waals surface area contributed by atoms with E-state index in [4.69, 9.17) is 10.5 Å². The van der Waals surface area contributed by atoms with Gasteiger partial charge < -0.3 is 15.4 Å². The van der Waals surface area contributed by atoms with Crippen LogP contribution in [-0.4, -0.2) is 34.8 Å². The van der Waals surface area contributed by atoms with Gasteiger partial charge >= 0.3 is 0 Å². The van der Waals surface area contributed by atoms with E-state index in [0.717, 1.165) is 39.9 Å². The summed E-state index contributed by atoms with van der Waals surface area (Å²) in [5, 5.41) is 1.09. The molecule has 166 valence electrons. The van der Waals surface area contributed by atoms with Crippen LogP contribution in [0.1, 0.15) is 43.0 Å². The number of nitrogens with two attached hydrogens (primary N) is 1. The van der Waals surface area contributed by atoms with E-state index in [-0.39, 0.29) is 11.8 Å². The number of hydrogen-bond acceptors (Lipinski definition) is 4. The van der Waals surface area contributed by atoms with E-state index in [1.54, 1.807) is 18.7 Å². The molecule has 2 heterocycles.